The van der Waals surface area contributed by atoms with Crippen LogP contribution in [0.3, 0.4) is 0 Å². The Kier molecular flexibility index (Phi) is 4.99. The molecule has 0 unspecified atom stereocenters. The van der Waals surface area contributed by atoms with E-state index in [2.05, 4.69) is 0 Å². The van der Waals surface area contributed by atoms with Crippen LogP contribution in [-0.4, -0.2) is 6.18 Å². The largest absolute Gasteiger partial charge is 1.00 e. The zero-order valence-electron chi connectivity index (χ0n) is 3.69. The SMILES string of the molecule is FC(F)=[C-]C(F)(F)F.[Cu+]. The van der Waals surface area contributed by atoms with Crippen molar-refractivity contribution in [1.29, 1.82) is 0 Å². The van der Waals surface area contributed by atoms with E-state index < -0.39 is 12.3 Å². The Morgan fingerprint density at radius 2 is 1.44 bits per heavy atom. The van der Waals surface area contributed by atoms with Crippen LogP contribution in [0.2, 0.25) is 0 Å². The van der Waals surface area contributed by atoms with Crippen LogP contribution in [0.5, 0.6) is 0 Å². The van der Waals surface area contributed by atoms with Crippen LogP contribution in [0.15, 0.2) is 6.08 Å². The molecule has 0 amide bonds. The van der Waals surface area contributed by atoms with Crippen molar-refractivity contribution in [1.82, 2.24) is 0 Å². The standard InChI is InChI=1S/C3F5.Cu/c4-2(5)1-3(6,7)8;/q-1;+1. The molecule has 0 heterocycles. The van der Waals surface area contributed by atoms with Crippen molar-refractivity contribution >= 4 is 0 Å². The van der Waals surface area contributed by atoms with Crippen molar-refractivity contribution in [3.05, 3.63) is 12.2 Å². The molecule has 0 bridgehead atoms. The monoisotopic (exact) mass is 194 g/mol. The molecule has 0 saturated carbocycles. The van der Waals surface area contributed by atoms with Crippen LogP contribution in [0.1, 0.15) is 0 Å². The van der Waals surface area contributed by atoms with Crippen molar-refractivity contribution < 1.29 is 39.0 Å². The van der Waals surface area contributed by atoms with Gasteiger partial charge in [0.2, 0.25) is 0 Å². The molecule has 0 N–H and O–H groups in total. The summed E-state index contributed by atoms with van der Waals surface area (Å²) in [6, 6.07) is 0. The molecular formula is C3CuF5. The summed E-state index contributed by atoms with van der Waals surface area (Å²) in [6.07, 6.45) is -7.90. The predicted molar refractivity (Wildman–Crippen MR) is 15.0 cm³/mol. The molecule has 0 aromatic rings. The van der Waals surface area contributed by atoms with Gasteiger partial charge in [0.15, 0.2) is 0 Å². The van der Waals surface area contributed by atoms with E-state index in [4.69, 9.17) is 0 Å². The zero-order valence-corrected chi connectivity index (χ0v) is 4.63. The van der Waals surface area contributed by atoms with Gasteiger partial charge in [-0.25, -0.2) is 22.0 Å². The molecule has 58 valence electrons. The van der Waals surface area contributed by atoms with Gasteiger partial charge in [-0.15, -0.1) is 0 Å². The predicted octanol–water partition coefficient (Wildman–Crippen LogP) is 2.13. The number of rotatable bonds is 0. The van der Waals surface area contributed by atoms with Crippen molar-refractivity contribution in [2.75, 3.05) is 0 Å². The first-order valence-electron chi connectivity index (χ1n) is 1.44. The van der Waals surface area contributed by atoms with Crippen LogP contribution in [-0.2, 0) is 17.1 Å². The van der Waals surface area contributed by atoms with Gasteiger partial charge in [0.05, 0.1) is 6.08 Å². The Hall–Kier alpha value is -0.0905. The van der Waals surface area contributed by atoms with Gasteiger partial charge in [-0.2, -0.15) is 0 Å². The van der Waals surface area contributed by atoms with E-state index in [0.717, 1.165) is 0 Å². The molecule has 0 atom stereocenters. The smallest absolute Gasteiger partial charge is 0.320 e. The molecule has 0 rings (SSSR count). The van der Waals surface area contributed by atoms with Gasteiger partial charge in [0.1, 0.15) is 0 Å². The average molecular weight is 195 g/mol. The van der Waals surface area contributed by atoms with E-state index in [1.54, 1.807) is 0 Å². The van der Waals surface area contributed by atoms with Crippen LogP contribution in [0, 0.1) is 6.08 Å². The van der Waals surface area contributed by atoms with Gasteiger partial charge < -0.3 is 6.08 Å². The third-order valence-electron chi connectivity index (χ3n) is 0.236. The minimum absolute atomic E-state index is 0. The average Bonchev–Trinajstić information content (AvgIpc) is 1.21. The maximum Gasteiger partial charge on any atom is 1.00 e. The molecule has 6 heteroatoms. The van der Waals surface area contributed by atoms with E-state index in [0.29, 0.717) is 0 Å². The summed E-state index contributed by atoms with van der Waals surface area (Å²) in [5.74, 6) is 0. The number of hydrogen-bond acceptors (Lipinski definition) is 0. The second-order valence-electron chi connectivity index (χ2n) is 0.883. The zero-order chi connectivity index (χ0) is 6.78. The maximum absolute atomic E-state index is 10.7. The van der Waals surface area contributed by atoms with Crippen molar-refractivity contribution in [2.24, 2.45) is 0 Å². The van der Waals surface area contributed by atoms with Gasteiger partial charge in [-0.3, -0.25) is 0 Å². The van der Waals surface area contributed by atoms with Gasteiger partial charge in [0.25, 0.3) is 6.18 Å². The Bertz CT molecular complexity index is 99.3. The summed E-state index contributed by atoms with van der Waals surface area (Å²) >= 11 is 0. The van der Waals surface area contributed by atoms with E-state index >= 15 is 0 Å². The second kappa shape index (κ2) is 3.85. The number of alkyl halides is 3. The number of hydrogen-bond donors (Lipinski definition) is 0. The summed E-state index contributed by atoms with van der Waals surface area (Å²) in [7, 11) is 0. The first-order chi connectivity index (χ1) is 3.42. The van der Waals surface area contributed by atoms with Crippen LogP contribution in [0.4, 0.5) is 22.0 Å². The minimum Gasteiger partial charge on any atom is -0.320 e. The van der Waals surface area contributed by atoms with Gasteiger partial charge >= 0.3 is 17.1 Å². The van der Waals surface area contributed by atoms with Crippen LogP contribution >= 0.6 is 0 Å². The molecule has 0 nitrogen and oxygen atoms in total. The molecule has 0 fully saturated rings. The molecule has 0 aliphatic carbocycles. The molecule has 0 aromatic heterocycles. The summed E-state index contributed by atoms with van der Waals surface area (Å²) in [5.41, 5.74) is 0. The molecular weight excluding hydrogens is 195 g/mol. The maximum atomic E-state index is 10.7. The van der Waals surface area contributed by atoms with Crippen molar-refractivity contribution in [2.45, 2.75) is 6.18 Å². The van der Waals surface area contributed by atoms with Gasteiger partial charge in [0, 0.05) is 0 Å². The van der Waals surface area contributed by atoms with Gasteiger partial charge in [-0.1, -0.05) is 0 Å². The molecule has 0 radical (unpaired) electrons. The normalized spacial score (nSPS) is 9.89. The Morgan fingerprint density at radius 3 is 1.44 bits per heavy atom. The van der Waals surface area contributed by atoms with Crippen LogP contribution in [0.25, 0.3) is 0 Å². The third-order valence-corrected chi connectivity index (χ3v) is 0.236. The summed E-state index contributed by atoms with van der Waals surface area (Å²) in [4.78, 5) is 0. The number of halogens is 5. The Morgan fingerprint density at radius 1 is 1.11 bits per heavy atom. The van der Waals surface area contributed by atoms with E-state index in [-0.39, 0.29) is 23.1 Å². The topological polar surface area (TPSA) is 0 Å². The Balaban J connectivity index is 0. The van der Waals surface area contributed by atoms with E-state index in [1.807, 2.05) is 0 Å². The second-order valence-corrected chi connectivity index (χ2v) is 0.883. The summed E-state index contributed by atoms with van der Waals surface area (Å²) in [5, 5.41) is 0. The minimum atomic E-state index is -5.02. The molecule has 0 aromatic carbocycles. The quantitative estimate of drug-likeness (QED) is 0.315. The van der Waals surface area contributed by atoms with Gasteiger partial charge in [-0.05, 0) is 0 Å². The number of allylic oxidation sites excluding steroid dienone is 1. The van der Waals surface area contributed by atoms with Crippen molar-refractivity contribution in [3.8, 4) is 0 Å². The first kappa shape index (κ1) is 11.7. The first-order valence-corrected chi connectivity index (χ1v) is 1.44. The van der Waals surface area contributed by atoms with E-state index in [1.165, 1.54) is 0 Å². The fourth-order valence-electron chi connectivity index (χ4n) is 0.107. The third kappa shape index (κ3) is 11.5. The van der Waals surface area contributed by atoms with Crippen LogP contribution < -0.4 is 0 Å². The summed E-state index contributed by atoms with van der Waals surface area (Å²) in [6.45, 7) is 0. The van der Waals surface area contributed by atoms with E-state index in [9.17, 15) is 22.0 Å². The fourth-order valence-corrected chi connectivity index (χ4v) is 0.107. The Labute approximate surface area is 58.2 Å². The molecule has 9 heavy (non-hydrogen) atoms. The molecule has 0 aliphatic rings. The van der Waals surface area contributed by atoms with Crippen molar-refractivity contribution in [3.63, 3.8) is 0 Å². The molecule has 0 aliphatic heterocycles. The molecule has 0 spiro atoms. The molecule has 0 saturated heterocycles. The fraction of sp³-hybridized carbons (Fsp3) is 0.333. The summed E-state index contributed by atoms with van der Waals surface area (Å²) < 4.78 is 53.3.